The molecule has 2 fully saturated rings. The molecule has 1 amide bonds. The maximum absolute atomic E-state index is 12.3. The number of carbonyl (C=O) groups excluding carboxylic acids is 1. The van der Waals surface area contributed by atoms with Gasteiger partial charge in [-0.2, -0.15) is 0 Å². The van der Waals surface area contributed by atoms with Gasteiger partial charge in [0.15, 0.2) is 0 Å². The van der Waals surface area contributed by atoms with Gasteiger partial charge in [0, 0.05) is 13.1 Å². The minimum Gasteiger partial charge on any atom is -0.369 e. The van der Waals surface area contributed by atoms with Gasteiger partial charge in [0.2, 0.25) is 5.91 Å². The lowest BCUT2D eigenvalue weighted by atomic mass is 9.87. The molecule has 1 aromatic rings. The van der Waals surface area contributed by atoms with Crippen molar-refractivity contribution in [1.82, 2.24) is 10.2 Å². The summed E-state index contributed by atoms with van der Waals surface area (Å²) in [4.78, 5) is 14.4. The summed E-state index contributed by atoms with van der Waals surface area (Å²) in [5.41, 5.74) is 2.28. The van der Waals surface area contributed by atoms with Crippen molar-refractivity contribution in [3.63, 3.8) is 0 Å². The smallest absolute Gasteiger partial charge is 0.249 e. The van der Waals surface area contributed by atoms with Crippen LogP contribution in [0.1, 0.15) is 24.0 Å². The van der Waals surface area contributed by atoms with Crippen molar-refractivity contribution in [1.29, 1.82) is 0 Å². The van der Waals surface area contributed by atoms with Crippen LogP contribution in [0.15, 0.2) is 24.3 Å². The lowest BCUT2D eigenvalue weighted by molar-refractivity contribution is -0.161. The van der Waals surface area contributed by atoms with Gasteiger partial charge in [0.25, 0.3) is 0 Å². The molecule has 2 aliphatic rings. The summed E-state index contributed by atoms with van der Waals surface area (Å²) in [6.45, 7) is 5.51. The highest BCUT2D eigenvalue weighted by atomic mass is 16.5. The van der Waals surface area contributed by atoms with Crippen molar-refractivity contribution in [2.24, 2.45) is 0 Å². The zero-order valence-electron chi connectivity index (χ0n) is 12.0. The van der Waals surface area contributed by atoms with Gasteiger partial charge in [-0.25, -0.2) is 0 Å². The van der Waals surface area contributed by atoms with Gasteiger partial charge in [-0.1, -0.05) is 29.8 Å². The molecule has 0 radical (unpaired) electrons. The Morgan fingerprint density at radius 1 is 1.45 bits per heavy atom. The third kappa shape index (κ3) is 2.58. The minimum absolute atomic E-state index is 0.112. The van der Waals surface area contributed by atoms with E-state index in [9.17, 15) is 4.79 Å². The summed E-state index contributed by atoms with van der Waals surface area (Å²) in [6, 6.07) is 8.40. The first-order chi connectivity index (χ1) is 9.70. The third-order valence-electron chi connectivity index (χ3n) is 4.34. The largest absolute Gasteiger partial charge is 0.369 e. The Labute approximate surface area is 120 Å². The average molecular weight is 274 g/mol. The van der Waals surface area contributed by atoms with E-state index in [0.29, 0.717) is 13.2 Å². The number of nitrogens with one attached hydrogen (secondary N) is 1. The second-order valence-electron chi connectivity index (χ2n) is 5.97. The van der Waals surface area contributed by atoms with Crippen LogP contribution in [-0.2, 0) is 16.1 Å². The third-order valence-corrected chi connectivity index (χ3v) is 4.34. The van der Waals surface area contributed by atoms with Gasteiger partial charge in [0.05, 0.1) is 12.1 Å². The van der Waals surface area contributed by atoms with Gasteiger partial charge in [0.1, 0.15) is 6.61 Å². The highest BCUT2D eigenvalue weighted by Crippen LogP contribution is 2.29. The second-order valence-corrected chi connectivity index (χ2v) is 5.97. The number of nitrogens with zero attached hydrogens (tertiary/aromatic N) is 1. The highest BCUT2D eigenvalue weighted by molar-refractivity contribution is 5.79. The lowest BCUT2D eigenvalue weighted by Gasteiger charge is -2.49. The topological polar surface area (TPSA) is 41.6 Å². The molecule has 0 saturated carbocycles. The summed E-state index contributed by atoms with van der Waals surface area (Å²) in [7, 11) is 0. The fourth-order valence-electron chi connectivity index (χ4n) is 3.30. The van der Waals surface area contributed by atoms with Crippen LogP contribution in [0.3, 0.4) is 0 Å². The number of aryl methyl sites for hydroxylation is 1. The van der Waals surface area contributed by atoms with Crippen LogP contribution >= 0.6 is 0 Å². The Balaban J connectivity index is 1.84. The van der Waals surface area contributed by atoms with E-state index < -0.39 is 0 Å². The van der Waals surface area contributed by atoms with Gasteiger partial charge >= 0.3 is 0 Å². The molecule has 1 unspecified atom stereocenters. The second kappa shape index (κ2) is 5.54. The molecule has 2 aliphatic heterocycles. The first-order valence-electron chi connectivity index (χ1n) is 7.34. The Morgan fingerprint density at radius 2 is 2.35 bits per heavy atom. The predicted octanol–water partition coefficient (Wildman–Crippen LogP) is 1.48. The number of benzene rings is 1. The molecule has 1 spiro atoms. The van der Waals surface area contributed by atoms with Crippen LogP contribution in [0.2, 0.25) is 0 Å². The maximum atomic E-state index is 12.3. The number of morpholine rings is 1. The molecule has 108 valence electrons. The molecule has 0 bridgehead atoms. The molecule has 1 atom stereocenters. The highest BCUT2D eigenvalue weighted by Gasteiger charge is 2.43. The van der Waals surface area contributed by atoms with Crippen LogP contribution < -0.4 is 5.32 Å². The van der Waals surface area contributed by atoms with E-state index in [2.05, 4.69) is 36.5 Å². The quantitative estimate of drug-likeness (QED) is 0.888. The van der Waals surface area contributed by atoms with Crippen molar-refractivity contribution in [2.45, 2.75) is 31.8 Å². The number of carbonyl (C=O) groups is 1. The van der Waals surface area contributed by atoms with E-state index in [1.54, 1.807) is 0 Å². The van der Waals surface area contributed by atoms with E-state index in [4.69, 9.17) is 4.74 Å². The molecule has 4 heteroatoms. The molecule has 1 aromatic carbocycles. The monoisotopic (exact) mass is 274 g/mol. The molecule has 1 N–H and O–H groups in total. The van der Waals surface area contributed by atoms with Crippen LogP contribution in [-0.4, -0.2) is 42.6 Å². The molecule has 0 aliphatic carbocycles. The van der Waals surface area contributed by atoms with Crippen molar-refractivity contribution in [2.75, 3.05) is 26.3 Å². The van der Waals surface area contributed by atoms with E-state index >= 15 is 0 Å². The van der Waals surface area contributed by atoms with E-state index in [1.165, 1.54) is 11.1 Å². The molecule has 2 heterocycles. The van der Waals surface area contributed by atoms with Crippen molar-refractivity contribution >= 4 is 5.91 Å². The van der Waals surface area contributed by atoms with Crippen LogP contribution in [0, 0.1) is 6.92 Å². The first kappa shape index (κ1) is 13.6. The number of hydrogen-bond acceptors (Lipinski definition) is 3. The Bertz CT molecular complexity index is 489. The average Bonchev–Trinajstić information content (AvgIpc) is 2.44. The zero-order valence-corrected chi connectivity index (χ0v) is 12.0. The molecular formula is C16H22N2O2. The van der Waals surface area contributed by atoms with Crippen LogP contribution in [0.5, 0.6) is 0 Å². The Morgan fingerprint density at radius 3 is 3.10 bits per heavy atom. The Kier molecular flexibility index (Phi) is 3.76. The van der Waals surface area contributed by atoms with Gasteiger partial charge in [-0.3, -0.25) is 4.79 Å². The summed E-state index contributed by atoms with van der Waals surface area (Å²) >= 11 is 0. The van der Waals surface area contributed by atoms with Crippen molar-refractivity contribution < 1.29 is 9.53 Å². The van der Waals surface area contributed by atoms with E-state index in [-0.39, 0.29) is 18.1 Å². The van der Waals surface area contributed by atoms with E-state index in [0.717, 1.165) is 25.9 Å². The standard InChI is InChI=1S/C16H22N2O2/c1-13-4-2-5-14(8-13)9-18-15(19)10-20-12-16(18)6-3-7-17-11-16/h2,4-5,8,17H,3,6-7,9-12H2,1H3. The van der Waals surface area contributed by atoms with Crippen LogP contribution in [0.4, 0.5) is 0 Å². The SMILES string of the molecule is Cc1cccc(CN2C(=O)COCC23CCCNC3)c1. The number of hydrogen-bond donors (Lipinski definition) is 1. The number of piperidine rings is 1. The summed E-state index contributed by atoms with van der Waals surface area (Å²) in [5, 5.41) is 3.42. The molecule has 4 nitrogen and oxygen atoms in total. The molecule has 2 saturated heterocycles. The molecular weight excluding hydrogens is 252 g/mol. The lowest BCUT2D eigenvalue weighted by Crippen LogP contribution is -2.65. The Hall–Kier alpha value is -1.39. The maximum Gasteiger partial charge on any atom is 0.249 e. The van der Waals surface area contributed by atoms with E-state index in [1.807, 2.05) is 4.90 Å². The van der Waals surface area contributed by atoms with Crippen LogP contribution in [0.25, 0.3) is 0 Å². The number of ether oxygens (including phenoxy) is 1. The predicted molar refractivity (Wildman–Crippen MR) is 77.4 cm³/mol. The number of rotatable bonds is 2. The molecule has 20 heavy (non-hydrogen) atoms. The summed E-state index contributed by atoms with van der Waals surface area (Å²) < 4.78 is 5.54. The van der Waals surface area contributed by atoms with Crippen molar-refractivity contribution in [3.8, 4) is 0 Å². The normalized spacial score (nSPS) is 27.1. The first-order valence-corrected chi connectivity index (χ1v) is 7.34. The van der Waals surface area contributed by atoms with Gasteiger partial charge in [-0.15, -0.1) is 0 Å². The zero-order chi connectivity index (χ0) is 14.0. The number of amides is 1. The summed E-state index contributed by atoms with van der Waals surface area (Å²) in [6.07, 6.45) is 2.12. The summed E-state index contributed by atoms with van der Waals surface area (Å²) in [5.74, 6) is 0.112. The molecule has 0 aromatic heterocycles. The molecule has 3 rings (SSSR count). The minimum atomic E-state index is -0.155. The fraction of sp³-hybridized carbons (Fsp3) is 0.562. The fourth-order valence-corrected chi connectivity index (χ4v) is 3.30. The van der Waals surface area contributed by atoms with Gasteiger partial charge in [-0.05, 0) is 31.9 Å². The van der Waals surface area contributed by atoms with Gasteiger partial charge < -0.3 is 15.0 Å². The van der Waals surface area contributed by atoms with Crippen molar-refractivity contribution in [3.05, 3.63) is 35.4 Å².